The van der Waals surface area contributed by atoms with E-state index in [9.17, 15) is 4.79 Å². The molecule has 0 unspecified atom stereocenters. The molecule has 4 nitrogen and oxygen atoms in total. The molecule has 3 aromatic rings. The summed E-state index contributed by atoms with van der Waals surface area (Å²) in [5.74, 6) is 0.749. The Balaban J connectivity index is 1.75. The molecule has 0 aromatic heterocycles. The van der Waals surface area contributed by atoms with Crippen molar-refractivity contribution < 1.29 is 9.53 Å². The Morgan fingerprint density at radius 2 is 1.66 bits per heavy atom. The molecular formula is C24H20N2O2S. The van der Waals surface area contributed by atoms with Crippen LogP contribution >= 0.6 is 11.8 Å². The highest BCUT2D eigenvalue weighted by atomic mass is 32.2. The minimum absolute atomic E-state index is 0.0793. The number of carbonyl (C=O) groups excluding carboxylic acids is 1. The van der Waals surface area contributed by atoms with Crippen molar-refractivity contribution in [2.75, 3.05) is 12.0 Å². The third-order valence-corrected chi connectivity index (χ3v) is 5.49. The number of carbonyl (C=O) groups is 1. The van der Waals surface area contributed by atoms with Gasteiger partial charge in [0.15, 0.2) is 5.17 Å². The fourth-order valence-electron chi connectivity index (χ4n) is 3.11. The highest BCUT2D eigenvalue weighted by molar-refractivity contribution is 8.19. The third-order valence-electron chi connectivity index (χ3n) is 4.52. The molecule has 0 atom stereocenters. The maximum Gasteiger partial charge on any atom is 0.271 e. The van der Waals surface area contributed by atoms with E-state index in [0.717, 1.165) is 28.3 Å². The fourth-order valence-corrected chi connectivity index (χ4v) is 4.11. The zero-order valence-electron chi connectivity index (χ0n) is 16.2. The molecule has 1 fully saturated rings. The Bertz CT molecular complexity index is 1090. The molecule has 1 saturated heterocycles. The summed E-state index contributed by atoms with van der Waals surface area (Å²) in [6.07, 6.45) is 1.91. The molecule has 1 heterocycles. The highest BCUT2D eigenvalue weighted by Crippen LogP contribution is 2.37. The van der Waals surface area contributed by atoms with Crippen LogP contribution in [0, 0.1) is 6.92 Å². The molecule has 0 aliphatic carbocycles. The maximum atomic E-state index is 13.3. The standard InChI is InChI=1S/C24H20N2O2S/c1-17-15-18(13-14-21(17)28-2)16-22-23(27)26(20-11-7-4-8-12-20)24(29-22)25-19-9-5-3-6-10-19/h3-16H,1-2H3/b22-16-,25-24?. The minimum atomic E-state index is -0.0793. The number of hydrogen-bond donors (Lipinski definition) is 0. The van der Waals surface area contributed by atoms with E-state index in [1.165, 1.54) is 11.8 Å². The summed E-state index contributed by atoms with van der Waals surface area (Å²) in [6.45, 7) is 1.99. The molecule has 4 rings (SSSR count). The summed E-state index contributed by atoms with van der Waals surface area (Å²) in [6, 6.07) is 25.2. The van der Waals surface area contributed by atoms with E-state index in [-0.39, 0.29) is 5.91 Å². The van der Waals surface area contributed by atoms with E-state index in [0.29, 0.717) is 10.1 Å². The largest absolute Gasteiger partial charge is 0.496 e. The summed E-state index contributed by atoms with van der Waals surface area (Å²) < 4.78 is 5.33. The smallest absolute Gasteiger partial charge is 0.271 e. The summed E-state index contributed by atoms with van der Waals surface area (Å²) >= 11 is 1.38. The van der Waals surface area contributed by atoms with Crippen LogP contribution in [0.5, 0.6) is 5.75 Å². The molecular weight excluding hydrogens is 380 g/mol. The highest BCUT2D eigenvalue weighted by Gasteiger charge is 2.34. The summed E-state index contributed by atoms with van der Waals surface area (Å²) in [5.41, 5.74) is 3.59. The molecule has 1 aliphatic heterocycles. The van der Waals surface area contributed by atoms with Gasteiger partial charge in [0, 0.05) is 0 Å². The number of methoxy groups -OCH3 is 1. The average Bonchev–Trinajstić information content (AvgIpc) is 3.04. The van der Waals surface area contributed by atoms with Gasteiger partial charge in [-0.1, -0.05) is 42.5 Å². The number of nitrogens with zero attached hydrogens (tertiary/aromatic N) is 2. The molecule has 0 radical (unpaired) electrons. The van der Waals surface area contributed by atoms with Crippen LogP contribution in [-0.2, 0) is 4.79 Å². The van der Waals surface area contributed by atoms with Gasteiger partial charge in [-0.15, -0.1) is 0 Å². The number of anilines is 1. The number of thioether (sulfide) groups is 1. The molecule has 29 heavy (non-hydrogen) atoms. The lowest BCUT2D eigenvalue weighted by atomic mass is 10.1. The van der Waals surface area contributed by atoms with Gasteiger partial charge in [0.05, 0.1) is 23.4 Å². The van der Waals surface area contributed by atoms with Crippen molar-refractivity contribution in [3.63, 3.8) is 0 Å². The van der Waals surface area contributed by atoms with Crippen molar-refractivity contribution in [1.82, 2.24) is 0 Å². The summed E-state index contributed by atoms with van der Waals surface area (Å²) in [7, 11) is 1.65. The first-order valence-corrected chi connectivity index (χ1v) is 10.0. The van der Waals surface area contributed by atoms with Crippen molar-refractivity contribution >= 4 is 40.3 Å². The lowest BCUT2D eigenvalue weighted by Crippen LogP contribution is -2.28. The topological polar surface area (TPSA) is 41.9 Å². The van der Waals surface area contributed by atoms with Crippen LogP contribution in [0.25, 0.3) is 6.08 Å². The quantitative estimate of drug-likeness (QED) is 0.519. The number of ether oxygens (including phenoxy) is 1. The Hall–Kier alpha value is -3.31. The number of hydrogen-bond acceptors (Lipinski definition) is 4. The number of benzene rings is 3. The van der Waals surface area contributed by atoms with Gasteiger partial charge in [0.2, 0.25) is 0 Å². The molecule has 3 aromatic carbocycles. The molecule has 5 heteroatoms. The first kappa shape index (κ1) is 19.0. The molecule has 0 N–H and O–H groups in total. The van der Waals surface area contributed by atoms with Crippen molar-refractivity contribution in [2.24, 2.45) is 4.99 Å². The second-order valence-electron chi connectivity index (χ2n) is 6.55. The van der Waals surface area contributed by atoms with Crippen LogP contribution < -0.4 is 9.64 Å². The number of aliphatic imine (C=N–C) groups is 1. The van der Waals surface area contributed by atoms with Crippen molar-refractivity contribution in [3.8, 4) is 5.75 Å². The van der Waals surface area contributed by atoms with Crippen molar-refractivity contribution in [1.29, 1.82) is 0 Å². The zero-order valence-corrected chi connectivity index (χ0v) is 17.0. The van der Waals surface area contributed by atoms with Crippen LogP contribution in [0.4, 0.5) is 11.4 Å². The zero-order chi connectivity index (χ0) is 20.2. The molecule has 144 valence electrons. The molecule has 0 saturated carbocycles. The van der Waals surface area contributed by atoms with Gasteiger partial charge in [0.25, 0.3) is 5.91 Å². The van der Waals surface area contributed by atoms with Crippen LogP contribution in [0.1, 0.15) is 11.1 Å². The van der Waals surface area contributed by atoms with E-state index in [1.54, 1.807) is 12.0 Å². The van der Waals surface area contributed by atoms with Crippen LogP contribution in [0.2, 0.25) is 0 Å². The molecule has 1 amide bonds. The lowest BCUT2D eigenvalue weighted by molar-refractivity contribution is -0.113. The Labute approximate surface area is 174 Å². The first-order valence-electron chi connectivity index (χ1n) is 9.23. The predicted octanol–water partition coefficient (Wildman–Crippen LogP) is 5.81. The third kappa shape index (κ3) is 4.10. The SMILES string of the molecule is COc1ccc(/C=C2\SC(=Nc3ccccc3)N(c3ccccc3)C2=O)cc1C. The minimum Gasteiger partial charge on any atom is -0.496 e. The Morgan fingerprint density at radius 3 is 2.31 bits per heavy atom. The molecule has 0 bridgehead atoms. The maximum absolute atomic E-state index is 13.3. The van der Waals surface area contributed by atoms with E-state index < -0.39 is 0 Å². The van der Waals surface area contributed by atoms with Crippen molar-refractivity contribution in [2.45, 2.75) is 6.92 Å². The van der Waals surface area contributed by atoms with Crippen LogP contribution in [-0.4, -0.2) is 18.2 Å². The van der Waals surface area contributed by atoms with Crippen LogP contribution in [0.15, 0.2) is 88.8 Å². The number of amidine groups is 1. The number of amides is 1. The lowest BCUT2D eigenvalue weighted by Gasteiger charge is -2.15. The number of para-hydroxylation sites is 2. The van der Waals surface area contributed by atoms with Gasteiger partial charge in [0.1, 0.15) is 5.75 Å². The van der Waals surface area contributed by atoms with Gasteiger partial charge >= 0.3 is 0 Å². The predicted molar refractivity (Wildman–Crippen MR) is 121 cm³/mol. The molecule has 1 aliphatic rings. The van der Waals surface area contributed by atoms with Gasteiger partial charge < -0.3 is 4.74 Å². The van der Waals surface area contributed by atoms with Gasteiger partial charge in [-0.05, 0) is 72.3 Å². The second-order valence-corrected chi connectivity index (χ2v) is 7.55. The first-order chi connectivity index (χ1) is 14.2. The van der Waals surface area contributed by atoms with E-state index >= 15 is 0 Å². The van der Waals surface area contributed by atoms with Gasteiger partial charge in [-0.2, -0.15) is 0 Å². The Kier molecular flexibility index (Phi) is 5.49. The van der Waals surface area contributed by atoms with Gasteiger partial charge in [-0.3, -0.25) is 9.69 Å². The molecule has 0 spiro atoms. The van der Waals surface area contributed by atoms with E-state index in [2.05, 4.69) is 0 Å². The number of aryl methyl sites for hydroxylation is 1. The van der Waals surface area contributed by atoms with Crippen LogP contribution in [0.3, 0.4) is 0 Å². The Morgan fingerprint density at radius 1 is 0.966 bits per heavy atom. The van der Waals surface area contributed by atoms with E-state index in [1.807, 2.05) is 91.9 Å². The van der Waals surface area contributed by atoms with Crippen molar-refractivity contribution in [3.05, 3.63) is 94.9 Å². The van der Waals surface area contributed by atoms with Gasteiger partial charge in [-0.25, -0.2) is 4.99 Å². The second kappa shape index (κ2) is 8.37. The number of rotatable bonds is 4. The fraction of sp³-hybridized carbons (Fsp3) is 0.0833. The average molecular weight is 401 g/mol. The van der Waals surface area contributed by atoms with E-state index in [4.69, 9.17) is 9.73 Å². The normalized spacial score (nSPS) is 16.6. The monoisotopic (exact) mass is 400 g/mol. The summed E-state index contributed by atoms with van der Waals surface area (Å²) in [5, 5.41) is 0.642. The summed E-state index contributed by atoms with van der Waals surface area (Å²) in [4.78, 5) is 20.3.